The van der Waals surface area contributed by atoms with E-state index < -0.39 is 5.56 Å². The highest BCUT2D eigenvalue weighted by atomic mass is 35.5. The first-order valence-electron chi connectivity index (χ1n) is 7.70. The molecule has 1 aliphatic rings. The Morgan fingerprint density at radius 1 is 1.22 bits per heavy atom. The molecule has 0 saturated heterocycles. The Kier molecular flexibility index (Phi) is 4.43. The third kappa shape index (κ3) is 3.21. The van der Waals surface area contributed by atoms with Crippen LogP contribution in [0.3, 0.4) is 0 Å². The summed E-state index contributed by atoms with van der Waals surface area (Å²) >= 11 is 17.3. The van der Waals surface area contributed by atoms with Gasteiger partial charge in [0, 0.05) is 33.6 Å². The summed E-state index contributed by atoms with van der Waals surface area (Å²) in [7, 11) is 0. The summed E-state index contributed by atoms with van der Waals surface area (Å²) < 4.78 is 1.30. The highest BCUT2D eigenvalue weighted by molar-refractivity contribution is 7.71. The number of hydrogen-bond donors (Lipinski definition) is 2. The van der Waals surface area contributed by atoms with Crippen molar-refractivity contribution in [2.75, 3.05) is 0 Å². The topological polar surface area (TPSA) is 83.3 Å². The number of benzene rings is 1. The Bertz CT molecular complexity index is 1240. The second kappa shape index (κ2) is 6.77. The number of nitrogens with zero attached hydrogens (tertiary/aromatic N) is 3. The first-order valence-corrected chi connectivity index (χ1v) is 8.86. The zero-order valence-electron chi connectivity index (χ0n) is 13.5. The van der Waals surface area contributed by atoms with E-state index in [2.05, 4.69) is 15.0 Å². The van der Waals surface area contributed by atoms with Crippen LogP contribution in [0.5, 0.6) is 5.88 Å². The van der Waals surface area contributed by atoms with Crippen molar-refractivity contribution in [1.29, 1.82) is 0 Å². The fourth-order valence-corrected chi connectivity index (χ4v) is 3.57. The van der Waals surface area contributed by atoms with Gasteiger partial charge in [0.15, 0.2) is 10.6 Å². The molecule has 0 radical (unpaired) electrons. The van der Waals surface area contributed by atoms with Gasteiger partial charge in [-0.15, -0.1) is 0 Å². The summed E-state index contributed by atoms with van der Waals surface area (Å²) in [6.07, 6.45) is 4.74. The maximum absolute atomic E-state index is 12.4. The summed E-state index contributed by atoms with van der Waals surface area (Å²) in [5, 5.41) is 11.5. The summed E-state index contributed by atoms with van der Waals surface area (Å²) in [4.78, 5) is 23.3. The van der Waals surface area contributed by atoms with Crippen LogP contribution in [0, 0.1) is 4.77 Å². The van der Waals surface area contributed by atoms with Crippen molar-refractivity contribution in [1.82, 2.24) is 14.5 Å². The SMILES string of the molecule is O=c1[nH]c(=S)n(-c2cc(Cl)cc(Cl)c2)c(O)c1/C=C1/C=Nc2ncccc21. The minimum absolute atomic E-state index is 0.0140. The number of fused-ring (bicyclic) bond motifs is 1. The van der Waals surface area contributed by atoms with Crippen molar-refractivity contribution in [2.45, 2.75) is 0 Å². The molecule has 2 aromatic heterocycles. The number of aromatic nitrogens is 3. The first kappa shape index (κ1) is 17.7. The van der Waals surface area contributed by atoms with Gasteiger partial charge in [-0.2, -0.15) is 0 Å². The maximum Gasteiger partial charge on any atom is 0.262 e. The molecule has 0 fully saturated rings. The van der Waals surface area contributed by atoms with Crippen LogP contribution in [-0.2, 0) is 0 Å². The first-order chi connectivity index (χ1) is 12.9. The standard InChI is InChI=1S/C18H10Cl2N4O2S/c19-10-5-11(20)7-12(6-10)24-17(26)14(16(25)23-18(24)27)4-9-8-22-15-13(9)2-1-3-21-15/h1-8,26H,(H,23,25,27)/b9-4-. The molecule has 4 rings (SSSR count). The Morgan fingerprint density at radius 3 is 2.70 bits per heavy atom. The molecule has 0 bridgehead atoms. The number of aromatic amines is 1. The number of pyridine rings is 1. The summed E-state index contributed by atoms with van der Waals surface area (Å²) in [5.74, 6) is 0.217. The zero-order valence-corrected chi connectivity index (χ0v) is 15.8. The van der Waals surface area contributed by atoms with Crippen LogP contribution in [0.4, 0.5) is 5.82 Å². The summed E-state index contributed by atoms with van der Waals surface area (Å²) in [5.41, 5.74) is 1.33. The van der Waals surface area contributed by atoms with E-state index >= 15 is 0 Å². The zero-order chi connectivity index (χ0) is 19.1. The van der Waals surface area contributed by atoms with E-state index in [1.807, 2.05) is 6.07 Å². The van der Waals surface area contributed by atoms with Crippen molar-refractivity contribution in [3.63, 3.8) is 0 Å². The van der Waals surface area contributed by atoms with Crippen molar-refractivity contribution < 1.29 is 5.11 Å². The molecule has 9 heteroatoms. The van der Waals surface area contributed by atoms with Gasteiger partial charge in [0.1, 0.15) is 5.56 Å². The molecule has 0 saturated carbocycles. The molecule has 3 heterocycles. The number of aromatic hydroxyl groups is 1. The molecule has 3 aromatic rings. The van der Waals surface area contributed by atoms with Gasteiger partial charge >= 0.3 is 0 Å². The number of hydrogen-bond acceptors (Lipinski definition) is 5. The minimum atomic E-state index is -0.528. The smallest absolute Gasteiger partial charge is 0.262 e. The van der Waals surface area contributed by atoms with Crippen molar-refractivity contribution >= 4 is 59.1 Å². The maximum atomic E-state index is 12.4. The number of nitrogens with one attached hydrogen (secondary N) is 1. The summed E-state index contributed by atoms with van der Waals surface area (Å²) in [6, 6.07) is 8.31. The van der Waals surface area contributed by atoms with E-state index in [4.69, 9.17) is 35.4 Å². The molecular formula is C18H10Cl2N4O2S. The van der Waals surface area contributed by atoms with Gasteiger partial charge in [-0.25, -0.2) is 9.98 Å². The Labute approximate surface area is 168 Å². The number of H-pyrrole nitrogens is 1. The average Bonchev–Trinajstić information content (AvgIpc) is 3.00. The molecule has 0 unspecified atom stereocenters. The molecular weight excluding hydrogens is 407 g/mol. The Balaban J connectivity index is 1.94. The highest BCUT2D eigenvalue weighted by Gasteiger charge is 2.17. The molecule has 1 aliphatic heterocycles. The number of allylic oxidation sites excluding steroid dienone is 1. The van der Waals surface area contributed by atoms with Gasteiger partial charge in [-0.3, -0.25) is 14.3 Å². The van der Waals surface area contributed by atoms with E-state index in [0.29, 0.717) is 27.1 Å². The fraction of sp³-hybridized carbons (Fsp3) is 0. The Morgan fingerprint density at radius 2 is 1.96 bits per heavy atom. The fourth-order valence-electron chi connectivity index (χ4n) is 2.77. The van der Waals surface area contributed by atoms with Crippen LogP contribution >= 0.6 is 35.4 Å². The van der Waals surface area contributed by atoms with Gasteiger partial charge in [0.25, 0.3) is 5.56 Å². The number of rotatable bonds is 2. The van der Waals surface area contributed by atoms with Crippen molar-refractivity contribution in [2.24, 2.45) is 4.99 Å². The van der Waals surface area contributed by atoms with Gasteiger partial charge in [0.05, 0.1) is 5.69 Å². The lowest BCUT2D eigenvalue weighted by Gasteiger charge is -2.12. The lowest BCUT2D eigenvalue weighted by molar-refractivity contribution is 0.432. The molecule has 6 nitrogen and oxygen atoms in total. The summed E-state index contributed by atoms with van der Waals surface area (Å²) in [6.45, 7) is 0. The second-order valence-electron chi connectivity index (χ2n) is 5.69. The molecule has 2 N–H and O–H groups in total. The normalized spacial score (nSPS) is 13.9. The number of aliphatic imine (C=N–C) groups is 1. The van der Waals surface area contributed by atoms with E-state index in [9.17, 15) is 9.90 Å². The van der Waals surface area contributed by atoms with E-state index in [-0.39, 0.29) is 16.2 Å². The lowest BCUT2D eigenvalue weighted by Crippen LogP contribution is -2.16. The molecule has 0 atom stereocenters. The van der Waals surface area contributed by atoms with Gasteiger partial charge < -0.3 is 5.11 Å². The predicted molar refractivity (Wildman–Crippen MR) is 109 cm³/mol. The van der Waals surface area contributed by atoms with E-state index in [0.717, 1.165) is 5.56 Å². The van der Waals surface area contributed by atoms with E-state index in [1.54, 1.807) is 36.7 Å². The average molecular weight is 417 g/mol. The number of halogens is 2. The van der Waals surface area contributed by atoms with Crippen LogP contribution < -0.4 is 5.56 Å². The van der Waals surface area contributed by atoms with E-state index in [1.165, 1.54) is 10.6 Å². The largest absolute Gasteiger partial charge is 0.494 e. The lowest BCUT2D eigenvalue weighted by atomic mass is 10.1. The van der Waals surface area contributed by atoms with Crippen LogP contribution in [0.25, 0.3) is 17.3 Å². The Hall–Kier alpha value is -2.74. The van der Waals surface area contributed by atoms with Gasteiger partial charge in [-0.05, 0) is 48.6 Å². The predicted octanol–water partition coefficient (Wildman–Crippen LogP) is 4.56. The van der Waals surface area contributed by atoms with Crippen LogP contribution in [0.1, 0.15) is 11.1 Å². The molecule has 0 spiro atoms. The van der Waals surface area contributed by atoms with Gasteiger partial charge in [-0.1, -0.05) is 23.2 Å². The van der Waals surface area contributed by atoms with Crippen LogP contribution in [0.2, 0.25) is 10.0 Å². The molecule has 27 heavy (non-hydrogen) atoms. The second-order valence-corrected chi connectivity index (χ2v) is 6.95. The molecule has 0 amide bonds. The van der Waals surface area contributed by atoms with Crippen molar-refractivity contribution in [3.8, 4) is 11.6 Å². The van der Waals surface area contributed by atoms with Crippen LogP contribution in [-0.4, -0.2) is 25.9 Å². The quantitative estimate of drug-likeness (QED) is 0.599. The monoisotopic (exact) mass is 416 g/mol. The third-order valence-corrected chi connectivity index (χ3v) is 4.67. The molecule has 1 aromatic carbocycles. The molecule has 134 valence electrons. The van der Waals surface area contributed by atoms with Gasteiger partial charge in [0.2, 0.25) is 5.88 Å². The third-order valence-electron chi connectivity index (χ3n) is 3.95. The highest BCUT2D eigenvalue weighted by Crippen LogP contribution is 2.32. The minimum Gasteiger partial charge on any atom is -0.494 e. The van der Waals surface area contributed by atoms with Crippen molar-refractivity contribution in [3.05, 3.63) is 72.8 Å². The molecule has 0 aliphatic carbocycles. The van der Waals surface area contributed by atoms with Crippen LogP contribution in [0.15, 0.2) is 46.3 Å².